The molecule has 92 valence electrons. The molecule has 4 nitrogen and oxygen atoms in total. The molecule has 2 unspecified atom stereocenters. The molecule has 2 fully saturated rings. The van der Waals surface area contributed by atoms with Gasteiger partial charge in [0.05, 0.1) is 17.6 Å². The molecule has 0 saturated carbocycles. The number of ether oxygens (including phenoxy) is 1. The highest BCUT2D eigenvalue weighted by atomic mass is 16.5. The lowest BCUT2D eigenvalue weighted by molar-refractivity contribution is -0.132. The first-order valence-corrected chi connectivity index (χ1v) is 6.15. The third-order valence-corrected chi connectivity index (χ3v) is 3.77. The molecule has 2 rings (SSSR count). The van der Waals surface area contributed by atoms with Crippen molar-refractivity contribution in [1.82, 2.24) is 10.6 Å². The van der Waals surface area contributed by atoms with Crippen LogP contribution in [0.1, 0.15) is 33.1 Å². The SMILES string of the molecule is CC1(NC(=O)C2(C)CCNC2)CCCOC1. The van der Waals surface area contributed by atoms with Crippen LogP contribution in [0, 0.1) is 5.41 Å². The number of hydrogen-bond donors (Lipinski definition) is 2. The second-order valence-corrected chi connectivity index (χ2v) is 5.66. The van der Waals surface area contributed by atoms with Gasteiger partial charge in [0, 0.05) is 13.2 Å². The molecule has 2 aliphatic rings. The summed E-state index contributed by atoms with van der Waals surface area (Å²) in [7, 11) is 0. The molecule has 2 aliphatic heterocycles. The van der Waals surface area contributed by atoms with E-state index in [0.29, 0.717) is 6.61 Å². The van der Waals surface area contributed by atoms with E-state index in [4.69, 9.17) is 4.74 Å². The number of hydrogen-bond acceptors (Lipinski definition) is 3. The first kappa shape index (κ1) is 11.9. The van der Waals surface area contributed by atoms with Crippen molar-refractivity contribution < 1.29 is 9.53 Å². The topological polar surface area (TPSA) is 50.4 Å². The van der Waals surface area contributed by atoms with Gasteiger partial charge in [0.1, 0.15) is 0 Å². The van der Waals surface area contributed by atoms with E-state index in [-0.39, 0.29) is 16.9 Å². The first-order chi connectivity index (χ1) is 7.54. The summed E-state index contributed by atoms with van der Waals surface area (Å²) in [6.07, 6.45) is 2.98. The number of rotatable bonds is 2. The molecule has 0 aliphatic carbocycles. The van der Waals surface area contributed by atoms with Gasteiger partial charge in [-0.15, -0.1) is 0 Å². The standard InChI is InChI=1S/C12H22N2O2/c1-11(5-6-13-8-11)10(15)14-12(2)4-3-7-16-9-12/h13H,3-9H2,1-2H3,(H,14,15). The lowest BCUT2D eigenvalue weighted by Crippen LogP contribution is -2.55. The number of nitrogens with one attached hydrogen (secondary N) is 2. The maximum atomic E-state index is 12.2. The molecule has 0 spiro atoms. The van der Waals surface area contributed by atoms with Gasteiger partial charge in [-0.25, -0.2) is 0 Å². The van der Waals surface area contributed by atoms with Crippen molar-refractivity contribution in [2.24, 2.45) is 5.41 Å². The quantitative estimate of drug-likeness (QED) is 0.727. The first-order valence-electron chi connectivity index (χ1n) is 6.15. The van der Waals surface area contributed by atoms with Gasteiger partial charge in [-0.2, -0.15) is 0 Å². The fourth-order valence-electron chi connectivity index (χ4n) is 2.47. The zero-order chi connectivity index (χ0) is 11.6. The number of amides is 1. The highest BCUT2D eigenvalue weighted by molar-refractivity contribution is 5.83. The summed E-state index contributed by atoms with van der Waals surface area (Å²) in [5, 5.41) is 6.43. The highest BCUT2D eigenvalue weighted by Gasteiger charge is 2.40. The van der Waals surface area contributed by atoms with Crippen LogP contribution in [0.15, 0.2) is 0 Å². The zero-order valence-electron chi connectivity index (χ0n) is 10.3. The maximum Gasteiger partial charge on any atom is 0.227 e. The normalized spacial score (nSPS) is 39.6. The van der Waals surface area contributed by atoms with E-state index in [9.17, 15) is 4.79 Å². The molecule has 1 amide bonds. The Bertz CT molecular complexity index is 266. The van der Waals surface area contributed by atoms with E-state index in [2.05, 4.69) is 17.6 Å². The van der Waals surface area contributed by atoms with Gasteiger partial charge < -0.3 is 15.4 Å². The van der Waals surface area contributed by atoms with Crippen molar-refractivity contribution >= 4 is 5.91 Å². The second kappa shape index (κ2) is 4.34. The summed E-state index contributed by atoms with van der Waals surface area (Å²) in [4.78, 5) is 12.2. The molecule has 2 saturated heterocycles. The van der Waals surface area contributed by atoms with E-state index in [1.165, 1.54) is 0 Å². The Labute approximate surface area is 97.1 Å². The van der Waals surface area contributed by atoms with Crippen LogP contribution in [0.4, 0.5) is 0 Å². The molecule has 0 aromatic heterocycles. The average Bonchev–Trinajstić information content (AvgIpc) is 2.67. The van der Waals surface area contributed by atoms with Crippen molar-refractivity contribution in [2.75, 3.05) is 26.3 Å². The molecular formula is C12H22N2O2. The molecule has 2 heterocycles. The second-order valence-electron chi connectivity index (χ2n) is 5.66. The molecule has 4 heteroatoms. The van der Waals surface area contributed by atoms with Gasteiger partial charge in [0.15, 0.2) is 0 Å². The van der Waals surface area contributed by atoms with Gasteiger partial charge in [0.2, 0.25) is 5.91 Å². The summed E-state index contributed by atoms with van der Waals surface area (Å²) < 4.78 is 5.45. The summed E-state index contributed by atoms with van der Waals surface area (Å²) in [5.41, 5.74) is -0.401. The largest absolute Gasteiger partial charge is 0.379 e. The summed E-state index contributed by atoms with van der Waals surface area (Å²) >= 11 is 0. The molecule has 0 aromatic carbocycles. The minimum Gasteiger partial charge on any atom is -0.379 e. The fraction of sp³-hybridized carbons (Fsp3) is 0.917. The summed E-state index contributed by atoms with van der Waals surface area (Å²) in [6, 6.07) is 0. The van der Waals surface area contributed by atoms with Crippen LogP contribution in [0.3, 0.4) is 0 Å². The predicted molar refractivity (Wildman–Crippen MR) is 62.2 cm³/mol. The van der Waals surface area contributed by atoms with Gasteiger partial charge in [-0.1, -0.05) is 0 Å². The Morgan fingerprint density at radius 3 is 2.75 bits per heavy atom. The van der Waals surface area contributed by atoms with E-state index < -0.39 is 0 Å². The van der Waals surface area contributed by atoms with Crippen molar-refractivity contribution in [3.8, 4) is 0 Å². The third-order valence-electron chi connectivity index (χ3n) is 3.77. The lowest BCUT2D eigenvalue weighted by atomic mass is 9.86. The van der Waals surface area contributed by atoms with Crippen molar-refractivity contribution in [3.05, 3.63) is 0 Å². The Morgan fingerprint density at radius 2 is 2.19 bits per heavy atom. The van der Waals surface area contributed by atoms with Crippen LogP contribution in [0.2, 0.25) is 0 Å². The van der Waals surface area contributed by atoms with Gasteiger partial charge in [0.25, 0.3) is 0 Å². The minimum atomic E-state index is -0.236. The van der Waals surface area contributed by atoms with E-state index in [1.807, 2.05) is 6.92 Å². The molecule has 0 radical (unpaired) electrons. The molecule has 2 N–H and O–H groups in total. The van der Waals surface area contributed by atoms with Crippen LogP contribution in [-0.4, -0.2) is 37.7 Å². The third kappa shape index (κ3) is 2.38. The molecule has 2 atom stereocenters. The number of carbonyl (C=O) groups excluding carboxylic acids is 1. The lowest BCUT2D eigenvalue weighted by Gasteiger charge is -2.37. The highest BCUT2D eigenvalue weighted by Crippen LogP contribution is 2.27. The summed E-state index contributed by atoms with van der Waals surface area (Å²) in [5.74, 6) is 0.172. The maximum absolute atomic E-state index is 12.2. The fourth-order valence-corrected chi connectivity index (χ4v) is 2.47. The Balaban J connectivity index is 1.95. The monoisotopic (exact) mass is 226 g/mol. The van der Waals surface area contributed by atoms with Gasteiger partial charge in [-0.3, -0.25) is 4.79 Å². The molecule has 0 aromatic rings. The van der Waals surface area contributed by atoms with Crippen LogP contribution in [0.5, 0.6) is 0 Å². The average molecular weight is 226 g/mol. The van der Waals surface area contributed by atoms with Crippen LogP contribution in [-0.2, 0) is 9.53 Å². The molecule has 0 bridgehead atoms. The van der Waals surface area contributed by atoms with E-state index in [1.54, 1.807) is 0 Å². The zero-order valence-corrected chi connectivity index (χ0v) is 10.3. The van der Waals surface area contributed by atoms with Crippen LogP contribution < -0.4 is 10.6 Å². The van der Waals surface area contributed by atoms with Crippen molar-refractivity contribution in [1.29, 1.82) is 0 Å². The predicted octanol–water partition coefficient (Wildman–Crippen LogP) is 0.671. The van der Waals surface area contributed by atoms with Gasteiger partial charge in [-0.05, 0) is 39.7 Å². The molecular weight excluding hydrogens is 204 g/mol. The minimum absolute atomic E-state index is 0.166. The Kier molecular flexibility index (Phi) is 3.22. The van der Waals surface area contributed by atoms with Crippen LogP contribution in [0.25, 0.3) is 0 Å². The van der Waals surface area contributed by atoms with Crippen molar-refractivity contribution in [3.63, 3.8) is 0 Å². The van der Waals surface area contributed by atoms with Crippen molar-refractivity contribution in [2.45, 2.75) is 38.6 Å². The number of carbonyl (C=O) groups is 1. The summed E-state index contributed by atoms with van der Waals surface area (Å²) in [6.45, 7) is 7.31. The smallest absolute Gasteiger partial charge is 0.227 e. The van der Waals surface area contributed by atoms with E-state index in [0.717, 1.165) is 39.0 Å². The Hall–Kier alpha value is -0.610. The molecule has 16 heavy (non-hydrogen) atoms. The Morgan fingerprint density at radius 1 is 1.38 bits per heavy atom. The van der Waals surface area contributed by atoms with Crippen LogP contribution >= 0.6 is 0 Å². The van der Waals surface area contributed by atoms with Gasteiger partial charge >= 0.3 is 0 Å². The van der Waals surface area contributed by atoms with E-state index >= 15 is 0 Å².